The number of carbonyl (C=O) groups is 1. The van der Waals surface area contributed by atoms with Crippen LogP contribution >= 0.6 is 15.9 Å². The van der Waals surface area contributed by atoms with Crippen molar-refractivity contribution in [2.75, 3.05) is 13.7 Å². The minimum atomic E-state index is -0.181. The maximum atomic E-state index is 11.8. The first-order valence-electron chi connectivity index (χ1n) is 6.40. The van der Waals surface area contributed by atoms with E-state index in [1.807, 2.05) is 31.2 Å². The van der Waals surface area contributed by atoms with Gasteiger partial charge < -0.3 is 10.1 Å². The van der Waals surface area contributed by atoms with Crippen molar-refractivity contribution in [3.63, 3.8) is 0 Å². The molecule has 0 aliphatic heterocycles. The lowest BCUT2D eigenvalue weighted by molar-refractivity contribution is -0.123. The molecule has 0 saturated heterocycles. The molecule has 0 radical (unpaired) electrons. The molecule has 2 aromatic rings. The number of ether oxygens (including phenoxy) is 1. The van der Waals surface area contributed by atoms with E-state index in [4.69, 9.17) is 4.74 Å². The van der Waals surface area contributed by atoms with Crippen LogP contribution in [0.4, 0.5) is 0 Å². The Labute approximate surface area is 130 Å². The van der Waals surface area contributed by atoms with Crippen molar-refractivity contribution < 1.29 is 9.53 Å². The first kappa shape index (κ1) is 15.6. The fraction of sp³-hybridized carbons (Fsp3) is 0.385. The third kappa shape index (κ3) is 4.61. The molecular formula is C13H16BrN5O2. The van der Waals surface area contributed by atoms with Crippen LogP contribution in [0.3, 0.4) is 0 Å². The van der Waals surface area contributed by atoms with Crippen molar-refractivity contribution in [3.05, 3.63) is 28.7 Å². The Kier molecular flexibility index (Phi) is 5.40. The first-order chi connectivity index (χ1) is 10.1. The first-order valence-corrected chi connectivity index (χ1v) is 7.20. The zero-order valence-corrected chi connectivity index (χ0v) is 13.4. The van der Waals surface area contributed by atoms with E-state index >= 15 is 0 Å². The molecule has 0 saturated carbocycles. The molecule has 0 bridgehead atoms. The van der Waals surface area contributed by atoms with Gasteiger partial charge in [-0.15, -0.1) is 10.2 Å². The lowest BCUT2D eigenvalue weighted by atomic mass is 10.2. The number of hydrogen-bond donors (Lipinski definition) is 1. The van der Waals surface area contributed by atoms with E-state index in [1.54, 1.807) is 7.11 Å². The van der Waals surface area contributed by atoms with Gasteiger partial charge in [0.1, 0.15) is 6.54 Å². The zero-order valence-electron chi connectivity index (χ0n) is 11.8. The summed E-state index contributed by atoms with van der Waals surface area (Å²) in [5.41, 5.74) is 0.845. The Morgan fingerprint density at radius 3 is 2.81 bits per heavy atom. The minimum Gasteiger partial charge on any atom is -0.383 e. The van der Waals surface area contributed by atoms with Crippen LogP contribution in [0.15, 0.2) is 28.7 Å². The summed E-state index contributed by atoms with van der Waals surface area (Å²) < 4.78 is 5.93. The molecule has 0 aliphatic rings. The summed E-state index contributed by atoms with van der Waals surface area (Å²) in [5.74, 6) is 0.305. The number of benzene rings is 1. The monoisotopic (exact) mass is 353 g/mol. The van der Waals surface area contributed by atoms with Crippen molar-refractivity contribution >= 4 is 21.8 Å². The largest absolute Gasteiger partial charge is 0.383 e. The van der Waals surface area contributed by atoms with E-state index in [1.165, 1.54) is 4.80 Å². The van der Waals surface area contributed by atoms with Gasteiger partial charge in [0.25, 0.3) is 0 Å². The summed E-state index contributed by atoms with van der Waals surface area (Å²) in [6.45, 7) is 2.35. The van der Waals surface area contributed by atoms with Crippen molar-refractivity contribution in [1.29, 1.82) is 0 Å². The van der Waals surface area contributed by atoms with Crippen molar-refractivity contribution in [1.82, 2.24) is 25.5 Å². The van der Waals surface area contributed by atoms with E-state index in [0.29, 0.717) is 12.4 Å². The molecule has 0 aliphatic carbocycles. The van der Waals surface area contributed by atoms with E-state index in [0.717, 1.165) is 10.0 Å². The molecule has 1 aromatic carbocycles. The Morgan fingerprint density at radius 1 is 1.43 bits per heavy atom. The molecule has 1 unspecified atom stereocenters. The number of nitrogens with zero attached hydrogens (tertiary/aromatic N) is 4. The van der Waals surface area contributed by atoms with E-state index in [2.05, 4.69) is 36.7 Å². The van der Waals surface area contributed by atoms with Crippen LogP contribution in [0.2, 0.25) is 0 Å². The minimum absolute atomic E-state index is 0.0254. The van der Waals surface area contributed by atoms with E-state index < -0.39 is 0 Å². The van der Waals surface area contributed by atoms with Gasteiger partial charge in [0.2, 0.25) is 11.7 Å². The van der Waals surface area contributed by atoms with Crippen LogP contribution in [0.25, 0.3) is 11.4 Å². The summed E-state index contributed by atoms with van der Waals surface area (Å²) in [6.07, 6.45) is 0. The number of aromatic nitrogens is 4. The molecule has 1 N–H and O–H groups in total. The van der Waals surface area contributed by atoms with Crippen LogP contribution in [-0.2, 0) is 16.1 Å². The number of tetrazole rings is 1. The smallest absolute Gasteiger partial charge is 0.243 e. The van der Waals surface area contributed by atoms with Gasteiger partial charge >= 0.3 is 0 Å². The number of amides is 1. The standard InChI is InChI=1S/C13H16BrN5O2/c1-9(8-21-2)15-12(20)7-19-17-13(16-18-19)10-3-5-11(14)6-4-10/h3-6,9H,7-8H2,1-2H3,(H,15,20). The molecule has 1 aromatic heterocycles. The van der Waals surface area contributed by atoms with Gasteiger partial charge in [-0.1, -0.05) is 15.9 Å². The Bertz CT molecular complexity index is 599. The number of halogens is 1. The maximum absolute atomic E-state index is 11.8. The zero-order chi connectivity index (χ0) is 15.2. The third-order valence-electron chi connectivity index (χ3n) is 2.66. The topological polar surface area (TPSA) is 81.9 Å². The van der Waals surface area contributed by atoms with Gasteiger partial charge in [0.15, 0.2) is 0 Å². The number of rotatable bonds is 6. The highest BCUT2D eigenvalue weighted by Gasteiger charge is 2.11. The molecule has 1 amide bonds. The van der Waals surface area contributed by atoms with Gasteiger partial charge in [-0.3, -0.25) is 4.79 Å². The van der Waals surface area contributed by atoms with Gasteiger partial charge in [-0.2, -0.15) is 4.80 Å². The number of nitrogens with one attached hydrogen (secondary N) is 1. The Morgan fingerprint density at radius 2 is 2.14 bits per heavy atom. The molecule has 1 heterocycles. The third-order valence-corrected chi connectivity index (χ3v) is 3.19. The number of methoxy groups -OCH3 is 1. The Hall–Kier alpha value is -1.80. The maximum Gasteiger partial charge on any atom is 0.243 e. The van der Waals surface area contributed by atoms with Crippen LogP contribution in [0, 0.1) is 0 Å². The summed E-state index contributed by atoms with van der Waals surface area (Å²) in [5, 5.41) is 14.8. The molecule has 7 nitrogen and oxygen atoms in total. The van der Waals surface area contributed by atoms with Gasteiger partial charge in [-0.25, -0.2) is 0 Å². The molecule has 2 rings (SSSR count). The molecule has 1 atom stereocenters. The average Bonchev–Trinajstić information content (AvgIpc) is 2.88. The predicted molar refractivity (Wildman–Crippen MR) is 80.4 cm³/mol. The molecule has 8 heteroatoms. The highest BCUT2D eigenvalue weighted by atomic mass is 79.9. The second kappa shape index (κ2) is 7.28. The number of carbonyl (C=O) groups excluding carboxylic acids is 1. The van der Waals surface area contributed by atoms with Crippen LogP contribution in [-0.4, -0.2) is 45.9 Å². The van der Waals surface area contributed by atoms with Crippen molar-refractivity contribution in [2.24, 2.45) is 0 Å². The quantitative estimate of drug-likeness (QED) is 0.845. The van der Waals surface area contributed by atoms with Crippen LogP contribution in [0.1, 0.15) is 6.92 Å². The van der Waals surface area contributed by atoms with Gasteiger partial charge in [0, 0.05) is 23.2 Å². The summed E-state index contributed by atoms with van der Waals surface area (Å²) in [6, 6.07) is 7.50. The lowest BCUT2D eigenvalue weighted by Crippen LogP contribution is -2.38. The highest BCUT2D eigenvalue weighted by Crippen LogP contribution is 2.17. The summed E-state index contributed by atoms with van der Waals surface area (Å²) >= 11 is 3.37. The highest BCUT2D eigenvalue weighted by molar-refractivity contribution is 9.10. The second-order valence-corrected chi connectivity index (χ2v) is 5.49. The fourth-order valence-electron chi connectivity index (χ4n) is 1.77. The van der Waals surface area contributed by atoms with Crippen molar-refractivity contribution in [3.8, 4) is 11.4 Å². The Balaban J connectivity index is 1.97. The molecule has 21 heavy (non-hydrogen) atoms. The molecule has 0 spiro atoms. The van der Waals surface area contributed by atoms with E-state index in [-0.39, 0.29) is 18.5 Å². The van der Waals surface area contributed by atoms with Crippen LogP contribution in [0.5, 0.6) is 0 Å². The molecular weight excluding hydrogens is 338 g/mol. The van der Waals surface area contributed by atoms with Crippen LogP contribution < -0.4 is 5.32 Å². The lowest BCUT2D eigenvalue weighted by Gasteiger charge is -2.11. The SMILES string of the molecule is COCC(C)NC(=O)Cn1nnc(-c2ccc(Br)cc2)n1. The van der Waals surface area contributed by atoms with E-state index in [9.17, 15) is 4.79 Å². The fourth-order valence-corrected chi connectivity index (χ4v) is 2.03. The summed E-state index contributed by atoms with van der Waals surface area (Å²) in [7, 11) is 1.59. The average molecular weight is 354 g/mol. The normalized spacial score (nSPS) is 12.1. The second-order valence-electron chi connectivity index (χ2n) is 4.57. The number of hydrogen-bond acceptors (Lipinski definition) is 5. The van der Waals surface area contributed by atoms with Crippen molar-refractivity contribution in [2.45, 2.75) is 19.5 Å². The molecule has 0 fully saturated rings. The van der Waals surface area contributed by atoms with Gasteiger partial charge in [-0.05, 0) is 36.4 Å². The predicted octanol–water partition coefficient (Wildman–Crippen LogP) is 1.25. The molecule has 112 valence electrons. The summed E-state index contributed by atoms with van der Waals surface area (Å²) in [4.78, 5) is 13.1. The van der Waals surface area contributed by atoms with Gasteiger partial charge in [0.05, 0.1) is 6.61 Å².